The standard InChI is InChI=1S/C27H53NO2/c1-7-10-12-14-16-18-20-22-24(4)28(26(6)30-27(29)9-3)25(5)23-21-19-17-15-13-11-8-2/h9,24-26H,3,7-8,10-23H2,1-2,4-6H3. The second-order valence-corrected chi connectivity index (χ2v) is 9.21. The molecule has 0 aliphatic rings. The van der Waals surface area contributed by atoms with Gasteiger partial charge < -0.3 is 4.74 Å². The first-order valence-electron chi connectivity index (χ1n) is 13.1. The van der Waals surface area contributed by atoms with Gasteiger partial charge in [-0.2, -0.15) is 0 Å². The molecule has 0 spiro atoms. The Hall–Kier alpha value is -0.830. The van der Waals surface area contributed by atoms with Crippen LogP contribution in [0.5, 0.6) is 0 Å². The second-order valence-electron chi connectivity index (χ2n) is 9.21. The Morgan fingerprint density at radius 3 is 1.47 bits per heavy atom. The summed E-state index contributed by atoms with van der Waals surface area (Å²) in [4.78, 5) is 14.2. The number of unbranched alkanes of at least 4 members (excludes halogenated alkanes) is 12. The molecule has 0 fully saturated rings. The molecule has 0 bridgehead atoms. The first-order valence-corrected chi connectivity index (χ1v) is 13.1. The summed E-state index contributed by atoms with van der Waals surface area (Å²) < 4.78 is 5.62. The number of rotatable bonds is 21. The Morgan fingerprint density at radius 2 is 1.10 bits per heavy atom. The number of carbonyl (C=O) groups is 1. The van der Waals surface area contributed by atoms with Crippen LogP contribution in [-0.4, -0.2) is 29.2 Å². The maximum atomic E-state index is 11.8. The van der Waals surface area contributed by atoms with Crippen molar-refractivity contribution >= 4 is 5.97 Å². The van der Waals surface area contributed by atoms with Crippen LogP contribution < -0.4 is 0 Å². The van der Waals surface area contributed by atoms with E-state index in [-0.39, 0.29) is 12.2 Å². The molecule has 3 atom stereocenters. The van der Waals surface area contributed by atoms with Crippen LogP contribution in [0.2, 0.25) is 0 Å². The lowest BCUT2D eigenvalue weighted by atomic mass is 10.0. The van der Waals surface area contributed by atoms with Crippen molar-refractivity contribution in [3.05, 3.63) is 12.7 Å². The maximum absolute atomic E-state index is 11.8. The molecular weight excluding hydrogens is 370 g/mol. The average Bonchev–Trinajstić information content (AvgIpc) is 2.72. The maximum Gasteiger partial charge on any atom is 0.331 e. The molecule has 0 aromatic rings. The van der Waals surface area contributed by atoms with E-state index in [0.29, 0.717) is 12.1 Å². The van der Waals surface area contributed by atoms with Gasteiger partial charge in [0.15, 0.2) is 6.23 Å². The van der Waals surface area contributed by atoms with Crippen LogP contribution in [0.15, 0.2) is 12.7 Å². The van der Waals surface area contributed by atoms with E-state index in [9.17, 15) is 4.79 Å². The molecule has 0 aliphatic carbocycles. The molecule has 178 valence electrons. The van der Waals surface area contributed by atoms with Crippen molar-refractivity contribution in [1.29, 1.82) is 0 Å². The van der Waals surface area contributed by atoms with Crippen molar-refractivity contribution < 1.29 is 9.53 Å². The summed E-state index contributed by atoms with van der Waals surface area (Å²) in [6.45, 7) is 14.7. The largest absolute Gasteiger partial charge is 0.443 e. The summed E-state index contributed by atoms with van der Waals surface area (Å²) in [6.07, 6.45) is 22.1. The Bertz CT molecular complexity index is 386. The fourth-order valence-electron chi connectivity index (χ4n) is 4.52. The summed E-state index contributed by atoms with van der Waals surface area (Å²) >= 11 is 0. The van der Waals surface area contributed by atoms with Crippen LogP contribution in [-0.2, 0) is 9.53 Å². The number of esters is 1. The molecule has 0 rings (SSSR count). The van der Waals surface area contributed by atoms with E-state index in [1.807, 2.05) is 6.92 Å². The van der Waals surface area contributed by atoms with Gasteiger partial charge in [-0.25, -0.2) is 4.79 Å². The predicted molar refractivity (Wildman–Crippen MR) is 132 cm³/mol. The SMILES string of the molecule is C=CC(=O)OC(C)N(C(C)CCCCCCCCC)C(C)CCCCCCCCC. The fourth-order valence-corrected chi connectivity index (χ4v) is 4.52. The Morgan fingerprint density at radius 1 is 0.733 bits per heavy atom. The smallest absolute Gasteiger partial charge is 0.331 e. The van der Waals surface area contributed by atoms with E-state index >= 15 is 0 Å². The van der Waals surface area contributed by atoms with Crippen LogP contribution in [0, 0.1) is 0 Å². The topological polar surface area (TPSA) is 29.5 Å². The zero-order valence-electron chi connectivity index (χ0n) is 21.1. The van der Waals surface area contributed by atoms with Gasteiger partial charge in [-0.1, -0.05) is 110 Å². The summed E-state index contributed by atoms with van der Waals surface area (Å²) in [6, 6.07) is 0.848. The Kier molecular flexibility index (Phi) is 19.5. The number of hydrogen-bond acceptors (Lipinski definition) is 3. The van der Waals surface area contributed by atoms with Gasteiger partial charge in [-0.15, -0.1) is 0 Å². The van der Waals surface area contributed by atoms with Crippen molar-refractivity contribution in [2.45, 2.75) is 156 Å². The van der Waals surface area contributed by atoms with Crippen LogP contribution in [0.1, 0.15) is 137 Å². The molecule has 0 aromatic carbocycles. The lowest BCUT2D eigenvalue weighted by Gasteiger charge is -2.38. The predicted octanol–water partition coefficient (Wildman–Crippen LogP) is 8.42. The minimum atomic E-state index is -0.321. The third-order valence-corrected chi connectivity index (χ3v) is 6.34. The molecule has 3 nitrogen and oxygen atoms in total. The molecule has 3 unspecified atom stereocenters. The molecule has 0 saturated carbocycles. The van der Waals surface area contributed by atoms with Crippen LogP contribution in [0.25, 0.3) is 0 Å². The van der Waals surface area contributed by atoms with Crippen molar-refractivity contribution in [3.8, 4) is 0 Å². The van der Waals surface area contributed by atoms with Crippen molar-refractivity contribution in [1.82, 2.24) is 4.90 Å². The zero-order valence-corrected chi connectivity index (χ0v) is 21.1. The lowest BCUT2D eigenvalue weighted by Crippen LogP contribution is -2.47. The van der Waals surface area contributed by atoms with Gasteiger partial charge in [-0.05, 0) is 33.6 Å². The number of ether oxygens (including phenoxy) is 1. The van der Waals surface area contributed by atoms with Crippen molar-refractivity contribution in [2.75, 3.05) is 0 Å². The molecule has 0 heterocycles. The highest BCUT2D eigenvalue weighted by Crippen LogP contribution is 2.22. The highest BCUT2D eigenvalue weighted by molar-refractivity contribution is 5.81. The number of hydrogen-bond donors (Lipinski definition) is 0. The molecule has 0 aliphatic heterocycles. The van der Waals surface area contributed by atoms with Gasteiger partial charge in [0.25, 0.3) is 0 Å². The van der Waals surface area contributed by atoms with Crippen molar-refractivity contribution in [3.63, 3.8) is 0 Å². The van der Waals surface area contributed by atoms with E-state index in [0.717, 1.165) is 0 Å². The molecule has 0 radical (unpaired) electrons. The van der Waals surface area contributed by atoms with Gasteiger partial charge in [0.2, 0.25) is 0 Å². The summed E-state index contributed by atoms with van der Waals surface area (Å²) in [5.74, 6) is -0.321. The summed E-state index contributed by atoms with van der Waals surface area (Å²) in [5, 5.41) is 0. The van der Waals surface area contributed by atoms with E-state index in [2.05, 4.69) is 39.2 Å². The zero-order chi connectivity index (χ0) is 22.6. The number of nitrogens with zero attached hydrogens (tertiary/aromatic N) is 1. The first kappa shape index (κ1) is 29.2. The van der Waals surface area contributed by atoms with E-state index < -0.39 is 0 Å². The highest BCUT2D eigenvalue weighted by Gasteiger charge is 2.27. The van der Waals surface area contributed by atoms with E-state index in [1.165, 1.54) is 109 Å². The molecule has 0 aromatic heterocycles. The van der Waals surface area contributed by atoms with Gasteiger partial charge >= 0.3 is 5.97 Å². The van der Waals surface area contributed by atoms with Gasteiger partial charge in [0, 0.05) is 18.2 Å². The van der Waals surface area contributed by atoms with Crippen molar-refractivity contribution in [2.24, 2.45) is 0 Å². The quantitative estimate of drug-likeness (QED) is 0.0803. The minimum Gasteiger partial charge on any atom is -0.443 e. The third-order valence-electron chi connectivity index (χ3n) is 6.34. The first-order chi connectivity index (χ1) is 14.5. The molecule has 30 heavy (non-hydrogen) atoms. The van der Waals surface area contributed by atoms with Crippen LogP contribution >= 0.6 is 0 Å². The molecule has 0 N–H and O–H groups in total. The van der Waals surface area contributed by atoms with E-state index in [1.54, 1.807) is 0 Å². The highest BCUT2D eigenvalue weighted by atomic mass is 16.6. The van der Waals surface area contributed by atoms with Crippen LogP contribution in [0.4, 0.5) is 0 Å². The monoisotopic (exact) mass is 423 g/mol. The van der Waals surface area contributed by atoms with Crippen LogP contribution in [0.3, 0.4) is 0 Å². The van der Waals surface area contributed by atoms with Gasteiger partial charge in [0.1, 0.15) is 0 Å². The Labute approximate surface area is 189 Å². The van der Waals surface area contributed by atoms with Gasteiger partial charge in [0.05, 0.1) is 0 Å². The third kappa shape index (κ3) is 15.0. The molecule has 0 amide bonds. The number of carbonyl (C=O) groups excluding carboxylic acids is 1. The van der Waals surface area contributed by atoms with E-state index in [4.69, 9.17) is 4.74 Å². The normalized spacial score (nSPS) is 14.5. The fraction of sp³-hybridized carbons (Fsp3) is 0.889. The summed E-state index contributed by atoms with van der Waals surface area (Å²) in [7, 11) is 0. The average molecular weight is 424 g/mol. The molecular formula is C27H53NO2. The van der Waals surface area contributed by atoms with Gasteiger partial charge in [-0.3, -0.25) is 4.90 Å². The minimum absolute atomic E-state index is 0.199. The second kappa shape index (κ2) is 20.1. The Balaban J connectivity index is 4.46. The lowest BCUT2D eigenvalue weighted by molar-refractivity contribution is -0.156. The molecule has 3 heteroatoms. The molecule has 0 saturated heterocycles. The summed E-state index contributed by atoms with van der Waals surface area (Å²) in [5.41, 5.74) is 0.